The predicted octanol–water partition coefficient (Wildman–Crippen LogP) is 2.87. The van der Waals surface area contributed by atoms with Gasteiger partial charge in [-0.2, -0.15) is 0 Å². The molecule has 0 aliphatic heterocycles. The van der Waals surface area contributed by atoms with Gasteiger partial charge in [-0.3, -0.25) is 4.79 Å². The van der Waals surface area contributed by atoms with Gasteiger partial charge in [-0.25, -0.2) is 0 Å². The van der Waals surface area contributed by atoms with Crippen molar-refractivity contribution in [2.24, 2.45) is 0 Å². The fourth-order valence-corrected chi connectivity index (χ4v) is 1.74. The first-order valence-electron chi connectivity index (χ1n) is 5.75. The molecule has 0 fully saturated rings. The molecule has 0 saturated carbocycles. The van der Waals surface area contributed by atoms with Crippen LogP contribution in [0.4, 0.5) is 0 Å². The van der Waals surface area contributed by atoms with Crippen molar-refractivity contribution in [3.63, 3.8) is 0 Å². The molecule has 0 unspecified atom stereocenters. The van der Waals surface area contributed by atoms with Gasteiger partial charge in [0, 0.05) is 25.0 Å². The Balaban J connectivity index is 2.43. The number of rotatable bonds is 6. The van der Waals surface area contributed by atoms with Crippen LogP contribution in [-0.2, 0) is 0 Å². The van der Waals surface area contributed by atoms with Crippen molar-refractivity contribution in [3.8, 4) is 5.75 Å². The van der Waals surface area contributed by atoms with Crippen LogP contribution in [0.15, 0.2) is 24.3 Å². The SMILES string of the molecule is CN(CCCCCCl)C(=O)c1ccc(O)cc1. The van der Waals surface area contributed by atoms with Gasteiger partial charge in [0.05, 0.1) is 0 Å². The summed E-state index contributed by atoms with van der Waals surface area (Å²) in [5.41, 5.74) is 0.600. The summed E-state index contributed by atoms with van der Waals surface area (Å²) in [5, 5.41) is 9.14. The second-order valence-corrected chi connectivity index (χ2v) is 4.40. The van der Waals surface area contributed by atoms with E-state index in [1.807, 2.05) is 0 Å². The summed E-state index contributed by atoms with van der Waals surface area (Å²) in [6, 6.07) is 6.31. The van der Waals surface area contributed by atoms with E-state index < -0.39 is 0 Å². The summed E-state index contributed by atoms with van der Waals surface area (Å²) in [6.07, 6.45) is 2.99. The number of phenols is 1. The summed E-state index contributed by atoms with van der Waals surface area (Å²) in [6.45, 7) is 0.733. The number of aromatic hydroxyl groups is 1. The molecule has 1 amide bonds. The first kappa shape index (κ1) is 13.8. The van der Waals surface area contributed by atoms with Gasteiger partial charge in [0.25, 0.3) is 5.91 Å². The lowest BCUT2D eigenvalue weighted by Gasteiger charge is -2.17. The molecule has 17 heavy (non-hydrogen) atoms. The number of halogens is 1. The fourth-order valence-electron chi connectivity index (χ4n) is 1.55. The lowest BCUT2D eigenvalue weighted by molar-refractivity contribution is 0.0792. The van der Waals surface area contributed by atoms with Crippen LogP contribution in [0.3, 0.4) is 0 Å². The first-order valence-corrected chi connectivity index (χ1v) is 6.29. The monoisotopic (exact) mass is 255 g/mol. The number of phenolic OH excluding ortho intramolecular Hbond substituents is 1. The highest BCUT2D eigenvalue weighted by molar-refractivity contribution is 6.17. The second kappa shape index (κ2) is 7.17. The normalized spacial score (nSPS) is 10.2. The fraction of sp³-hybridized carbons (Fsp3) is 0.462. The molecule has 0 heterocycles. The van der Waals surface area contributed by atoms with Crippen LogP contribution in [0, 0.1) is 0 Å². The van der Waals surface area contributed by atoms with E-state index in [2.05, 4.69) is 0 Å². The van der Waals surface area contributed by atoms with Crippen LogP contribution < -0.4 is 0 Å². The van der Waals surface area contributed by atoms with Gasteiger partial charge in [0.15, 0.2) is 0 Å². The summed E-state index contributed by atoms with van der Waals surface area (Å²) in [4.78, 5) is 13.6. The highest BCUT2D eigenvalue weighted by Crippen LogP contribution is 2.11. The quantitative estimate of drug-likeness (QED) is 0.627. The maximum absolute atomic E-state index is 11.9. The van der Waals surface area contributed by atoms with Crippen LogP contribution in [-0.4, -0.2) is 35.4 Å². The van der Waals surface area contributed by atoms with Crippen LogP contribution in [0.5, 0.6) is 5.75 Å². The van der Waals surface area contributed by atoms with E-state index in [0.29, 0.717) is 11.4 Å². The minimum atomic E-state index is -0.0177. The third-order valence-electron chi connectivity index (χ3n) is 2.59. The Morgan fingerprint density at radius 2 is 1.88 bits per heavy atom. The van der Waals surface area contributed by atoms with Gasteiger partial charge in [-0.15, -0.1) is 11.6 Å². The minimum Gasteiger partial charge on any atom is -0.508 e. The highest BCUT2D eigenvalue weighted by Gasteiger charge is 2.10. The van der Waals surface area contributed by atoms with Crippen molar-refractivity contribution in [2.75, 3.05) is 19.5 Å². The second-order valence-electron chi connectivity index (χ2n) is 4.02. The summed E-state index contributed by atoms with van der Waals surface area (Å²) < 4.78 is 0. The van der Waals surface area contributed by atoms with E-state index in [9.17, 15) is 4.79 Å². The number of nitrogens with zero attached hydrogens (tertiary/aromatic N) is 1. The molecular weight excluding hydrogens is 238 g/mol. The molecule has 94 valence electrons. The Labute approximate surface area is 107 Å². The number of alkyl halides is 1. The minimum absolute atomic E-state index is 0.0177. The lowest BCUT2D eigenvalue weighted by atomic mass is 10.2. The van der Waals surface area contributed by atoms with E-state index in [0.717, 1.165) is 25.8 Å². The van der Waals surface area contributed by atoms with Crippen molar-refractivity contribution >= 4 is 17.5 Å². The van der Waals surface area contributed by atoms with Crippen molar-refractivity contribution in [3.05, 3.63) is 29.8 Å². The van der Waals surface area contributed by atoms with Gasteiger partial charge < -0.3 is 10.0 Å². The number of hydrogen-bond donors (Lipinski definition) is 1. The average molecular weight is 256 g/mol. The maximum Gasteiger partial charge on any atom is 0.253 e. The Bertz CT molecular complexity index is 351. The average Bonchev–Trinajstić information content (AvgIpc) is 2.34. The predicted molar refractivity (Wildman–Crippen MR) is 69.6 cm³/mol. The molecule has 0 spiro atoms. The Morgan fingerprint density at radius 3 is 2.47 bits per heavy atom. The standard InChI is InChI=1S/C13H18ClNO2/c1-15(10-4-2-3-9-14)13(17)11-5-7-12(16)8-6-11/h5-8,16H,2-4,9-10H2,1H3. The van der Waals surface area contributed by atoms with Crippen LogP contribution in [0.25, 0.3) is 0 Å². The van der Waals surface area contributed by atoms with Gasteiger partial charge in [0.2, 0.25) is 0 Å². The molecule has 0 radical (unpaired) electrons. The summed E-state index contributed by atoms with van der Waals surface area (Å²) in [5.74, 6) is 0.831. The van der Waals surface area contributed by atoms with Crippen molar-refractivity contribution in [2.45, 2.75) is 19.3 Å². The Morgan fingerprint density at radius 1 is 1.24 bits per heavy atom. The largest absolute Gasteiger partial charge is 0.508 e. The van der Waals surface area contributed by atoms with E-state index in [-0.39, 0.29) is 11.7 Å². The number of carbonyl (C=O) groups excluding carboxylic acids is 1. The summed E-state index contributed by atoms with van der Waals surface area (Å²) >= 11 is 5.59. The molecule has 0 atom stereocenters. The molecule has 0 saturated heterocycles. The van der Waals surface area contributed by atoms with E-state index in [1.165, 1.54) is 12.1 Å². The zero-order valence-corrected chi connectivity index (χ0v) is 10.8. The van der Waals surface area contributed by atoms with Crippen molar-refractivity contribution in [1.29, 1.82) is 0 Å². The van der Waals surface area contributed by atoms with Crippen molar-refractivity contribution < 1.29 is 9.90 Å². The smallest absolute Gasteiger partial charge is 0.253 e. The molecule has 1 aromatic rings. The zero-order valence-electron chi connectivity index (χ0n) is 10.0. The molecule has 1 aromatic carbocycles. The molecule has 0 aliphatic carbocycles. The lowest BCUT2D eigenvalue weighted by Crippen LogP contribution is -2.27. The topological polar surface area (TPSA) is 40.5 Å². The van der Waals surface area contributed by atoms with Crippen LogP contribution in [0.2, 0.25) is 0 Å². The maximum atomic E-state index is 11.9. The van der Waals surface area contributed by atoms with E-state index >= 15 is 0 Å². The van der Waals surface area contributed by atoms with E-state index in [1.54, 1.807) is 24.1 Å². The zero-order chi connectivity index (χ0) is 12.7. The highest BCUT2D eigenvalue weighted by atomic mass is 35.5. The molecule has 0 aliphatic rings. The van der Waals surface area contributed by atoms with Gasteiger partial charge in [0.1, 0.15) is 5.75 Å². The molecule has 3 nitrogen and oxygen atoms in total. The number of benzene rings is 1. The molecule has 1 N–H and O–H groups in total. The molecule has 1 rings (SSSR count). The number of carbonyl (C=O) groups is 1. The Hall–Kier alpha value is -1.22. The third-order valence-corrected chi connectivity index (χ3v) is 2.86. The third kappa shape index (κ3) is 4.65. The molecular formula is C13H18ClNO2. The number of amides is 1. The van der Waals surface area contributed by atoms with Gasteiger partial charge in [-0.05, 0) is 37.1 Å². The van der Waals surface area contributed by atoms with Crippen molar-refractivity contribution in [1.82, 2.24) is 4.90 Å². The van der Waals surface area contributed by atoms with Gasteiger partial charge in [-0.1, -0.05) is 6.42 Å². The molecule has 4 heteroatoms. The Kier molecular flexibility index (Phi) is 5.84. The summed E-state index contributed by atoms with van der Waals surface area (Å²) in [7, 11) is 1.79. The first-order chi connectivity index (χ1) is 8.15. The van der Waals surface area contributed by atoms with E-state index in [4.69, 9.17) is 16.7 Å². The number of unbranched alkanes of at least 4 members (excludes halogenated alkanes) is 2. The molecule has 0 aromatic heterocycles. The molecule has 0 bridgehead atoms. The number of hydrogen-bond acceptors (Lipinski definition) is 2. The van der Waals surface area contributed by atoms with Crippen LogP contribution in [0.1, 0.15) is 29.6 Å². The van der Waals surface area contributed by atoms with Crippen LogP contribution >= 0.6 is 11.6 Å². The van der Waals surface area contributed by atoms with Gasteiger partial charge >= 0.3 is 0 Å².